The Hall–Kier alpha value is -2.65. The molecular formula is C19H12BrClF3N5. The number of fused-ring (bicyclic) bond motifs is 1. The quantitative estimate of drug-likeness (QED) is 0.348. The molecular weight excluding hydrogens is 471 g/mol. The van der Waals surface area contributed by atoms with Crippen LogP contribution in [0, 0.1) is 6.92 Å². The second-order valence-corrected chi connectivity index (χ2v) is 7.50. The van der Waals surface area contributed by atoms with E-state index >= 15 is 0 Å². The average molecular weight is 483 g/mol. The SMILES string of the molecule is Cc1nc2ccc(Br)cc2n1-c1cc(Cl)nc(Nc2ccc(C(F)(F)F)cc2)n1. The molecule has 0 aliphatic heterocycles. The maximum Gasteiger partial charge on any atom is 0.416 e. The molecule has 0 aliphatic carbocycles. The molecule has 1 N–H and O–H groups in total. The molecule has 2 aromatic carbocycles. The van der Waals surface area contributed by atoms with Gasteiger partial charge in [-0.25, -0.2) is 9.97 Å². The van der Waals surface area contributed by atoms with Crippen molar-refractivity contribution in [2.45, 2.75) is 13.1 Å². The summed E-state index contributed by atoms with van der Waals surface area (Å²) in [6, 6.07) is 11.9. The van der Waals surface area contributed by atoms with Crippen LogP contribution in [0.2, 0.25) is 5.15 Å². The normalized spacial score (nSPS) is 11.8. The van der Waals surface area contributed by atoms with Crippen LogP contribution in [-0.4, -0.2) is 19.5 Å². The van der Waals surface area contributed by atoms with Crippen molar-refractivity contribution in [3.63, 3.8) is 0 Å². The Kier molecular flexibility index (Phi) is 4.95. The Bertz CT molecular complexity index is 1210. The van der Waals surface area contributed by atoms with E-state index in [4.69, 9.17) is 11.6 Å². The van der Waals surface area contributed by atoms with E-state index in [1.54, 1.807) is 6.07 Å². The largest absolute Gasteiger partial charge is 0.416 e. The van der Waals surface area contributed by atoms with E-state index in [-0.39, 0.29) is 11.1 Å². The summed E-state index contributed by atoms with van der Waals surface area (Å²) in [6.45, 7) is 1.84. The second kappa shape index (κ2) is 7.31. The van der Waals surface area contributed by atoms with Crippen LogP contribution in [0.15, 0.2) is 53.0 Å². The summed E-state index contributed by atoms with van der Waals surface area (Å²) in [7, 11) is 0. The molecule has 0 amide bonds. The molecule has 5 nitrogen and oxygen atoms in total. The number of imidazole rings is 1. The highest BCUT2D eigenvalue weighted by molar-refractivity contribution is 9.10. The summed E-state index contributed by atoms with van der Waals surface area (Å²) in [4.78, 5) is 13.1. The minimum absolute atomic E-state index is 0.156. The molecule has 0 saturated heterocycles. The fourth-order valence-electron chi connectivity index (χ4n) is 2.91. The molecule has 4 rings (SSSR count). The number of aryl methyl sites for hydroxylation is 1. The van der Waals surface area contributed by atoms with Gasteiger partial charge in [-0.1, -0.05) is 27.5 Å². The van der Waals surface area contributed by atoms with Crippen LogP contribution in [0.3, 0.4) is 0 Å². The molecule has 148 valence electrons. The van der Waals surface area contributed by atoms with Gasteiger partial charge in [0.2, 0.25) is 5.95 Å². The van der Waals surface area contributed by atoms with Crippen molar-refractivity contribution in [3.8, 4) is 5.82 Å². The number of halogens is 5. The van der Waals surface area contributed by atoms with E-state index in [1.165, 1.54) is 12.1 Å². The Labute approximate surface area is 176 Å². The van der Waals surface area contributed by atoms with Crippen molar-refractivity contribution < 1.29 is 13.2 Å². The summed E-state index contributed by atoms with van der Waals surface area (Å²) < 4.78 is 40.9. The highest BCUT2D eigenvalue weighted by Gasteiger charge is 2.30. The number of hydrogen-bond acceptors (Lipinski definition) is 4. The molecule has 4 aromatic rings. The lowest BCUT2D eigenvalue weighted by Gasteiger charge is -2.11. The predicted octanol–water partition coefficient (Wildman–Crippen LogP) is 6.30. The van der Waals surface area contributed by atoms with Gasteiger partial charge in [0.05, 0.1) is 16.6 Å². The van der Waals surface area contributed by atoms with Gasteiger partial charge in [-0.15, -0.1) is 0 Å². The van der Waals surface area contributed by atoms with E-state index in [0.29, 0.717) is 17.3 Å². The first-order chi connectivity index (χ1) is 13.7. The molecule has 2 heterocycles. The van der Waals surface area contributed by atoms with E-state index in [1.807, 2.05) is 29.7 Å². The average Bonchev–Trinajstić information content (AvgIpc) is 2.96. The van der Waals surface area contributed by atoms with Gasteiger partial charge in [0.1, 0.15) is 16.8 Å². The standard InChI is InChI=1S/C19H12BrClF3N5/c1-10-25-14-7-4-12(20)8-15(14)29(10)17-9-16(21)27-18(28-17)26-13-5-2-11(3-6-13)19(22,23)24/h2-9H,1H3,(H,26,27,28). The maximum atomic E-state index is 12.7. The summed E-state index contributed by atoms with van der Waals surface area (Å²) in [6.07, 6.45) is -4.40. The van der Waals surface area contributed by atoms with Crippen LogP contribution >= 0.6 is 27.5 Å². The van der Waals surface area contributed by atoms with Crippen LogP contribution < -0.4 is 5.32 Å². The summed E-state index contributed by atoms with van der Waals surface area (Å²) in [5, 5.41) is 3.07. The summed E-state index contributed by atoms with van der Waals surface area (Å²) in [5.74, 6) is 1.34. The van der Waals surface area contributed by atoms with Gasteiger partial charge in [-0.3, -0.25) is 4.57 Å². The number of rotatable bonds is 3. The fourth-order valence-corrected chi connectivity index (χ4v) is 3.43. The third-order valence-corrected chi connectivity index (χ3v) is 4.85. The monoisotopic (exact) mass is 481 g/mol. The first-order valence-electron chi connectivity index (χ1n) is 8.34. The molecule has 0 aliphatic rings. The Morgan fingerprint density at radius 2 is 1.72 bits per heavy atom. The lowest BCUT2D eigenvalue weighted by molar-refractivity contribution is -0.137. The first-order valence-corrected chi connectivity index (χ1v) is 9.52. The van der Waals surface area contributed by atoms with Gasteiger partial charge >= 0.3 is 6.18 Å². The number of hydrogen-bond donors (Lipinski definition) is 1. The number of aromatic nitrogens is 4. The Morgan fingerprint density at radius 1 is 1.00 bits per heavy atom. The van der Waals surface area contributed by atoms with Crippen molar-refractivity contribution in [2.24, 2.45) is 0 Å². The lowest BCUT2D eigenvalue weighted by Crippen LogP contribution is -2.06. The van der Waals surface area contributed by atoms with Crippen molar-refractivity contribution in [1.82, 2.24) is 19.5 Å². The molecule has 0 unspecified atom stereocenters. The molecule has 0 bridgehead atoms. The second-order valence-electron chi connectivity index (χ2n) is 6.20. The smallest absolute Gasteiger partial charge is 0.324 e. The fraction of sp³-hybridized carbons (Fsp3) is 0.105. The van der Waals surface area contributed by atoms with Crippen LogP contribution in [0.25, 0.3) is 16.9 Å². The van der Waals surface area contributed by atoms with Crippen LogP contribution in [0.1, 0.15) is 11.4 Å². The van der Waals surface area contributed by atoms with Crippen LogP contribution in [-0.2, 0) is 6.18 Å². The molecule has 0 saturated carbocycles. The molecule has 0 fully saturated rings. The van der Waals surface area contributed by atoms with E-state index in [9.17, 15) is 13.2 Å². The van der Waals surface area contributed by atoms with Crippen molar-refractivity contribution >= 4 is 50.2 Å². The Morgan fingerprint density at radius 3 is 2.41 bits per heavy atom. The predicted molar refractivity (Wildman–Crippen MR) is 109 cm³/mol. The first kappa shape index (κ1) is 19.7. The van der Waals surface area contributed by atoms with E-state index < -0.39 is 11.7 Å². The van der Waals surface area contributed by atoms with Gasteiger partial charge < -0.3 is 5.32 Å². The van der Waals surface area contributed by atoms with E-state index in [2.05, 4.69) is 36.2 Å². The molecule has 0 radical (unpaired) electrons. The number of nitrogens with zero attached hydrogens (tertiary/aromatic N) is 4. The minimum Gasteiger partial charge on any atom is -0.324 e. The lowest BCUT2D eigenvalue weighted by atomic mass is 10.2. The highest BCUT2D eigenvalue weighted by Crippen LogP contribution is 2.30. The van der Waals surface area contributed by atoms with Crippen LogP contribution in [0.4, 0.5) is 24.8 Å². The molecule has 0 spiro atoms. The number of benzene rings is 2. The van der Waals surface area contributed by atoms with Gasteiger partial charge in [0.25, 0.3) is 0 Å². The van der Waals surface area contributed by atoms with Gasteiger partial charge in [-0.2, -0.15) is 18.2 Å². The van der Waals surface area contributed by atoms with E-state index in [0.717, 1.165) is 27.6 Å². The van der Waals surface area contributed by atoms with Crippen molar-refractivity contribution in [2.75, 3.05) is 5.32 Å². The minimum atomic E-state index is -4.40. The van der Waals surface area contributed by atoms with Gasteiger partial charge in [0.15, 0.2) is 0 Å². The molecule has 2 aromatic heterocycles. The van der Waals surface area contributed by atoms with Crippen molar-refractivity contribution in [3.05, 3.63) is 69.5 Å². The third kappa shape index (κ3) is 4.06. The summed E-state index contributed by atoms with van der Waals surface area (Å²) >= 11 is 9.62. The maximum absolute atomic E-state index is 12.7. The number of alkyl halides is 3. The zero-order valence-electron chi connectivity index (χ0n) is 14.8. The number of anilines is 2. The topological polar surface area (TPSA) is 55.6 Å². The van der Waals surface area contributed by atoms with Gasteiger partial charge in [-0.05, 0) is 49.4 Å². The van der Waals surface area contributed by atoms with Crippen LogP contribution in [0.5, 0.6) is 0 Å². The molecule has 0 atom stereocenters. The van der Waals surface area contributed by atoms with Crippen molar-refractivity contribution in [1.29, 1.82) is 0 Å². The summed E-state index contributed by atoms with van der Waals surface area (Å²) in [5.41, 5.74) is 1.29. The van der Waals surface area contributed by atoms with Gasteiger partial charge in [0, 0.05) is 16.2 Å². The molecule has 29 heavy (non-hydrogen) atoms. The zero-order valence-corrected chi connectivity index (χ0v) is 17.1. The third-order valence-electron chi connectivity index (χ3n) is 4.16. The Balaban J connectivity index is 1.72. The highest BCUT2D eigenvalue weighted by atomic mass is 79.9. The number of nitrogens with one attached hydrogen (secondary N) is 1. The zero-order chi connectivity index (χ0) is 20.8. The molecule has 10 heteroatoms.